The van der Waals surface area contributed by atoms with Gasteiger partial charge >= 0.3 is 7.12 Å². The van der Waals surface area contributed by atoms with E-state index < -0.39 is 7.12 Å². The molecule has 1 saturated heterocycles. The van der Waals surface area contributed by atoms with E-state index in [4.69, 9.17) is 18.8 Å². The second-order valence-electron chi connectivity index (χ2n) is 6.10. The molecular weight excluding hydrogens is 255 g/mol. The van der Waals surface area contributed by atoms with Crippen molar-refractivity contribution in [2.24, 2.45) is 0 Å². The summed E-state index contributed by atoms with van der Waals surface area (Å²) in [5.74, 6) is 1.55. The van der Waals surface area contributed by atoms with Gasteiger partial charge in [-0.15, -0.1) is 0 Å². The van der Waals surface area contributed by atoms with E-state index in [0.29, 0.717) is 0 Å². The first kappa shape index (κ1) is 15.2. The van der Waals surface area contributed by atoms with Gasteiger partial charge in [-0.2, -0.15) is 0 Å². The predicted octanol–water partition coefficient (Wildman–Crippen LogP) is 2.31. The lowest BCUT2D eigenvalue weighted by molar-refractivity contribution is 0.00578. The van der Waals surface area contributed by atoms with Crippen molar-refractivity contribution < 1.29 is 18.8 Å². The molecule has 1 aliphatic rings. The highest BCUT2D eigenvalue weighted by atomic mass is 16.7. The Bertz CT molecular complexity index is 495. The first-order chi connectivity index (χ1) is 9.23. The molecule has 0 aliphatic carbocycles. The van der Waals surface area contributed by atoms with Crippen LogP contribution in [0.2, 0.25) is 0 Å². The van der Waals surface area contributed by atoms with Gasteiger partial charge in [0.05, 0.1) is 25.4 Å². The maximum absolute atomic E-state index is 6.08. The van der Waals surface area contributed by atoms with Crippen LogP contribution in [0.3, 0.4) is 0 Å². The summed E-state index contributed by atoms with van der Waals surface area (Å²) in [4.78, 5) is 0. The van der Waals surface area contributed by atoms with Crippen LogP contribution in [0.5, 0.6) is 11.5 Å². The standard InChI is InChI=1S/C15H23BO4/c1-10-12(17-6)9-8-11(13(10)18-7)16-19-14(2,3)15(4,5)20-16/h8-9H,1-7H3. The van der Waals surface area contributed by atoms with Crippen LogP contribution in [0, 0.1) is 6.92 Å². The Kier molecular flexibility index (Phi) is 3.78. The topological polar surface area (TPSA) is 36.9 Å². The van der Waals surface area contributed by atoms with Gasteiger partial charge in [0.25, 0.3) is 0 Å². The molecule has 0 radical (unpaired) electrons. The summed E-state index contributed by atoms with van der Waals surface area (Å²) in [6, 6.07) is 3.85. The monoisotopic (exact) mass is 278 g/mol. The van der Waals surface area contributed by atoms with Crippen molar-refractivity contribution in [2.75, 3.05) is 14.2 Å². The van der Waals surface area contributed by atoms with Crippen molar-refractivity contribution in [3.8, 4) is 11.5 Å². The van der Waals surface area contributed by atoms with Crippen molar-refractivity contribution in [2.45, 2.75) is 45.8 Å². The molecule has 1 aliphatic heterocycles. The zero-order chi connectivity index (χ0) is 15.1. The Morgan fingerprint density at radius 1 is 0.950 bits per heavy atom. The zero-order valence-electron chi connectivity index (χ0n) is 13.4. The molecule has 1 heterocycles. The van der Waals surface area contributed by atoms with Crippen LogP contribution in [0.1, 0.15) is 33.3 Å². The van der Waals surface area contributed by atoms with Gasteiger partial charge in [-0.3, -0.25) is 0 Å². The summed E-state index contributed by atoms with van der Waals surface area (Å²) >= 11 is 0. The van der Waals surface area contributed by atoms with Gasteiger partial charge in [0, 0.05) is 11.0 Å². The normalized spacial score (nSPS) is 20.1. The van der Waals surface area contributed by atoms with Crippen molar-refractivity contribution >= 4 is 12.6 Å². The van der Waals surface area contributed by atoms with Crippen LogP contribution in [-0.4, -0.2) is 32.5 Å². The van der Waals surface area contributed by atoms with Crippen molar-refractivity contribution in [3.63, 3.8) is 0 Å². The molecule has 0 spiro atoms. The fourth-order valence-electron chi connectivity index (χ4n) is 2.34. The van der Waals surface area contributed by atoms with E-state index in [0.717, 1.165) is 22.5 Å². The number of benzene rings is 1. The first-order valence-corrected chi connectivity index (χ1v) is 6.80. The highest BCUT2D eigenvalue weighted by Gasteiger charge is 2.52. The average Bonchev–Trinajstić information content (AvgIpc) is 2.58. The highest BCUT2D eigenvalue weighted by Crippen LogP contribution is 2.38. The quantitative estimate of drug-likeness (QED) is 0.795. The molecule has 20 heavy (non-hydrogen) atoms. The molecule has 0 bridgehead atoms. The molecule has 2 rings (SSSR count). The van der Waals surface area contributed by atoms with E-state index in [-0.39, 0.29) is 11.2 Å². The molecule has 0 amide bonds. The molecule has 0 atom stereocenters. The Morgan fingerprint density at radius 2 is 1.50 bits per heavy atom. The summed E-state index contributed by atoms with van der Waals surface area (Å²) < 4.78 is 23.0. The molecule has 0 unspecified atom stereocenters. The molecule has 1 fully saturated rings. The van der Waals surface area contributed by atoms with Crippen LogP contribution in [0.4, 0.5) is 0 Å². The maximum Gasteiger partial charge on any atom is 0.498 e. The molecule has 0 saturated carbocycles. The van der Waals surface area contributed by atoms with Crippen LogP contribution in [0.15, 0.2) is 12.1 Å². The van der Waals surface area contributed by atoms with Gasteiger partial charge < -0.3 is 18.8 Å². The Hall–Kier alpha value is -1.20. The van der Waals surface area contributed by atoms with E-state index in [1.54, 1.807) is 14.2 Å². The molecule has 1 aromatic rings. The third-order valence-corrected chi connectivity index (χ3v) is 4.32. The molecule has 0 N–H and O–H groups in total. The summed E-state index contributed by atoms with van der Waals surface area (Å²) in [7, 11) is 2.87. The predicted molar refractivity (Wildman–Crippen MR) is 80.0 cm³/mol. The van der Waals surface area contributed by atoms with Crippen LogP contribution >= 0.6 is 0 Å². The number of hydrogen-bond donors (Lipinski definition) is 0. The van der Waals surface area contributed by atoms with Gasteiger partial charge in [0.2, 0.25) is 0 Å². The van der Waals surface area contributed by atoms with Crippen molar-refractivity contribution in [3.05, 3.63) is 17.7 Å². The summed E-state index contributed by atoms with van der Waals surface area (Å²) in [5.41, 5.74) is 1.11. The van der Waals surface area contributed by atoms with Crippen LogP contribution < -0.4 is 14.9 Å². The van der Waals surface area contributed by atoms with Crippen LogP contribution in [0.25, 0.3) is 0 Å². The Labute approximate surface area is 121 Å². The summed E-state index contributed by atoms with van der Waals surface area (Å²) in [6.45, 7) is 10.1. The molecule has 4 nitrogen and oxygen atoms in total. The number of methoxy groups -OCH3 is 2. The molecule has 110 valence electrons. The van der Waals surface area contributed by atoms with E-state index in [1.165, 1.54) is 0 Å². The van der Waals surface area contributed by atoms with Gasteiger partial charge in [0.1, 0.15) is 11.5 Å². The SMILES string of the molecule is COc1ccc(B2OC(C)(C)C(C)(C)O2)c(OC)c1C. The average molecular weight is 278 g/mol. The molecular formula is C15H23BO4. The molecule has 5 heteroatoms. The second kappa shape index (κ2) is 4.97. The van der Waals surface area contributed by atoms with Gasteiger partial charge in [-0.25, -0.2) is 0 Å². The lowest BCUT2D eigenvalue weighted by atomic mass is 9.77. The van der Waals surface area contributed by atoms with Gasteiger partial charge in [-0.1, -0.05) is 6.07 Å². The van der Waals surface area contributed by atoms with E-state index in [9.17, 15) is 0 Å². The fourth-order valence-corrected chi connectivity index (χ4v) is 2.34. The maximum atomic E-state index is 6.08. The minimum Gasteiger partial charge on any atom is -0.497 e. The third kappa shape index (κ3) is 2.29. The zero-order valence-corrected chi connectivity index (χ0v) is 13.4. The van der Waals surface area contributed by atoms with E-state index in [2.05, 4.69) is 0 Å². The number of hydrogen-bond acceptors (Lipinski definition) is 4. The minimum absolute atomic E-state index is 0.365. The largest absolute Gasteiger partial charge is 0.498 e. The smallest absolute Gasteiger partial charge is 0.497 e. The lowest BCUT2D eigenvalue weighted by Crippen LogP contribution is -2.41. The van der Waals surface area contributed by atoms with Gasteiger partial charge in [0.15, 0.2) is 0 Å². The number of rotatable bonds is 3. The lowest BCUT2D eigenvalue weighted by Gasteiger charge is -2.32. The summed E-state index contributed by atoms with van der Waals surface area (Å²) in [5, 5.41) is 0. The second-order valence-corrected chi connectivity index (χ2v) is 6.10. The Balaban J connectivity index is 2.43. The molecule has 1 aromatic carbocycles. The van der Waals surface area contributed by atoms with Gasteiger partial charge in [-0.05, 0) is 40.7 Å². The first-order valence-electron chi connectivity index (χ1n) is 6.80. The van der Waals surface area contributed by atoms with E-state index >= 15 is 0 Å². The highest BCUT2D eigenvalue weighted by molar-refractivity contribution is 6.63. The van der Waals surface area contributed by atoms with Crippen LogP contribution in [-0.2, 0) is 9.31 Å². The minimum atomic E-state index is -0.431. The number of ether oxygens (including phenoxy) is 2. The molecule has 0 aromatic heterocycles. The van der Waals surface area contributed by atoms with Crippen molar-refractivity contribution in [1.82, 2.24) is 0 Å². The third-order valence-electron chi connectivity index (χ3n) is 4.32. The Morgan fingerprint density at radius 3 is 1.95 bits per heavy atom. The summed E-state index contributed by atoms with van der Waals surface area (Å²) in [6.07, 6.45) is 0. The fraction of sp³-hybridized carbons (Fsp3) is 0.600. The van der Waals surface area contributed by atoms with E-state index in [1.807, 2.05) is 46.8 Å². The van der Waals surface area contributed by atoms with Crippen molar-refractivity contribution in [1.29, 1.82) is 0 Å².